The van der Waals surface area contributed by atoms with Crippen LogP contribution < -0.4 is 4.90 Å². The van der Waals surface area contributed by atoms with Crippen LogP contribution in [-0.2, 0) is 10.2 Å². The zero-order chi connectivity index (χ0) is 18.8. The summed E-state index contributed by atoms with van der Waals surface area (Å²) in [6.45, 7) is 6.06. The minimum atomic E-state index is -0.441. The highest BCUT2D eigenvalue weighted by Gasteiger charge is 2.48. The maximum absolute atomic E-state index is 12.9. The van der Waals surface area contributed by atoms with Crippen molar-refractivity contribution in [3.63, 3.8) is 0 Å². The van der Waals surface area contributed by atoms with Crippen LogP contribution in [0.15, 0.2) is 42.7 Å². The summed E-state index contributed by atoms with van der Waals surface area (Å²) >= 11 is 1.68. The Morgan fingerprint density at radius 2 is 1.93 bits per heavy atom. The molecule has 27 heavy (non-hydrogen) atoms. The summed E-state index contributed by atoms with van der Waals surface area (Å²) in [4.78, 5) is 25.0. The first-order valence-corrected chi connectivity index (χ1v) is 10.1. The van der Waals surface area contributed by atoms with Crippen molar-refractivity contribution in [2.24, 2.45) is 0 Å². The van der Waals surface area contributed by atoms with Gasteiger partial charge in [0.15, 0.2) is 0 Å². The Labute approximate surface area is 162 Å². The first kappa shape index (κ1) is 16.6. The number of benzene rings is 1. The molecule has 0 spiro atoms. The van der Waals surface area contributed by atoms with Gasteiger partial charge >= 0.3 is 0 Å². The second-order valence-corrected chi connectivity index (χ2v) is 9.01. The molecule has 0 saturated heterocycles. The van der Waals surface area contributed by atoms with Crippen molar-refractivity contribution >= 4 is 22.9 Å². The normalized spacial score (nSPS) is 18.0. The molecule has 1 aromatic carbocycles. The predicted octanol–water partition coefficient (Wildman–Crippen LogP) is 4.97. The zero-order valence-corrected chi connectivity index (χ0v) is 16.5. The molecule has 0 atom stereocenters. The van der Waals surface area contributed by atoms with E-state index in [0.29, 0.717) is 6.04 Å². The number of rotatable bonds is 3. The molecule has 0 unspecified atom stereocenters. The number of amides is 1. The largest absolute Gasteiger partial charge is 0.308 e. The van der Waals surface area contributed by atoms with E-state index in [2.05, 4.69) is 34.2 Å². The Morgan fingerprint density at radius 1 is 1.11 bits per heavy atom. The van der Waals surface area contributed by atoms with E-state index in [1.807, 2.05) is 44.1 Å². The van der Waals surface area contributed by atoms with Crippen molar-refractivity contribution < 1.29 is 4.79 Å². The lowest BCUT2D eigenvalue weighted by Gasteiger charge is -2.19. The molecule has 1 amide bonds. The third kappa shape index (κ3) is 2.60. The van der Waals surface area contributed by atoms with Crippen molar-refractivity contribution in [2.45, 2.75) is 45.1 Å². The molecular formula is C22H21N3OS. The van der Waals surface area contributed by atoms with Crippen LogP contribution in [0.4, 0.5) is 5.69 Å². The van der Waals surface area contributed by atoms with Crippen LogP contribution in [0.5, 0.6) is 0 Å². The monoisotopic (exact) mass is 375 g/mol. The van der Waals surface area contributed by atoms with Gasteiger partial charge in [-0.25, -0.2) is 4.98 Å². The molecule has 0 N–H and O–H groups in total. The Morgan fingerprint density at radius 3 is 2.67 bits per heavy atom. The standard InChI is InChI=1S/C22H21N3OS/c1-13-10-15(8-9-23-13)20-24-12-19(27-20)14-4-7-17-18(11-14)25(16-5-6-16)21(26)22(17,2)3/h4,7-12,16H,5-6H2,1-3H3. The number of hydrogen-bond acceptors (Lipinski definition) is 4. The van der Waals surface area contributed by atoms with Gasteiger partial charge in [-0.05, 0) is 62.9 Å². The van der Waals surface area contributed by atoms with Gasteiger partial charge in [0.1, 0.15) is 5.01 Å². The van der Waals surface area contributed by atoms with E-state index < -0.39 is 5.41 Å². The molecule has 4 nitrogen and oxygen atoms in total. The number of pyridine rings is 1. The summed E-state index contributed by atoms with van der Waals surface area (Å²) < 4.78 is 0. The SMILES string of the molecule is Cc1cc(-c2ncc(-c3ccc4c(c3)N(C3CC3)C(=O)C4(C)C)s2)ccn1. The van der Waals surface area contributed by atoms with Gasteiger partial charge in [0, 0.05) is 35.4 Å². The molecule has 1 aliphatic carbocycles. The lowest BCUT2D eigenvalue weighted by molar-refractivity contribution is -0.122. The molecular weight excluding hydrogens is 354 g/mol. The van der Waals surface area contributed by atoms with Crippen LogP contribution in [0, 0.1) is 6.92 Å². The summed E-state index contributed by atoms with van der Waals surface area (Å²) in [6.07, 6.45) is 5.97. The van der Waals surface area contributed by atoms with Crippen molar-refractivity contribution in [2.75, 3.05) is 4.90 Å². The van der Waals surface area contributed by atoms with Crippen LogP contribution in [0.2, 0.25) is 0 Å². The van der Waals surface area contributed by atoms with Crippen molar-refractivity contribution in [1.82, 2.24) is 9.97 Å². The highest BCUT2D eigenvalue weighted by atomic mass is 32.1. The minimum Gasteiger partial charge on any atom is -0.308 e. The number of aryl methyl sites for hydroxylation is 1. The van der Waals surface area contributed by atoms with Gasteiger partial charge in [0.05, 0.1) is 10.3 Å². The van der Waals surface area contributed by atoms with Gasteiger partial charge in [-0.15, -0.1) is 11.3 Å². The first-order valence-electron chi connectivity index (χ1n) is 9.32. The van der Waals surface area contributed by atoms with Crippen molar-refractivity contribution in [3.8, 4) is 21.0 Å². The fourth-order valence-corrected chi connectivity index (χ4v) is 4.76. The predicted molar refractivity (Wildman–Crippen MR) is 109 cm³/mol. The molecule has 2 aliphatic rings. The van der Waals surface area contributed by atoms with E-state index >= 15 is 0 Å². The number of fused-ring (bicyclic) bond motifs is 1. The summed E-state index contributed by atoms with van der Waals surface area (Å²) in [5.41, 5.74) is 4.99. The quantitative estimate of drug-likeness (QED) is 0.649. The van der Waals surface area contributed by atoms with Crippen LogP contribution in [0.3, 0.4) is 0 Å². The van der Waals surface area contributed by atoms with E-state index in [-0.39, 0.29) is 5.91 Å². The number of thiazole rings is 1. The Hall–Kier alpha value is -2.53. The van der Waals surface area contributed by atoms with Gasteiger partial charge in [-0.3, -0.25) is 9.78 Å². The van der Waals surface area contributed by atoms with Crippen LogP contribution in [0.25, 0.3) is 21.0 Å². The first-order chi connectivity index (χ1) is 12.9. The Kier molecular flexibility index (Phi) is 3.53. The third-order valence-electron chi connectivity index (χ3n) is 5.53. The zero-order valence-electron chi connectivity index (χ0n) is 15.7. The molecule has 1 aliphatic heterocycles. The number of hydrogen-bond donors (Lipinski definition) is 0. The topological polar surface area (TPSA) is 46.1 Å². The summed E-state index contributed by atoms with van der Waals surface area (Å²) in [6, 6.07) is 10.9. The average molecular weight is 375 g/mol. The Balaban J connectivity index is 1.56. The summed E-state index contributed by atoms with van der Waals surface area (Å²) in [5.74, 6) is 0.231. The molecule has 3 heterocycles. The number of anilines is 1. The van der Waals surface area contributed by atoms with E-state index in [4.69, 9.17) is 0 Å². The van der Waals surface area contributed by atoms with E-state index in [1.165, 1.54) is 0 Å². The molecule has 136 valence electrons. The van der Waals surface area contributed by atoms with Crippen LogP contribution in [-0.4, -0.2) is 21.9 Å². The fourth-order valence-electron chi connectivity index (χ4n) is 3.85. The van der Waals surface area contributed by atoms with E-state index in [0.717, 1.165) is 50.8 Å². The molecule has 2 aromatic heterocycles. The number of carbonyl (C=O) groups excluding carboxylic acids is 1. The van der Waals surface area contributed by atoms with Gasteiger partial charge in [0.25, 0.3) is 0 Å². The third-order valence-corrected chi connectivity index (χ3v) is 6.63. The van der Waals surface area contributed by atoms with Crippen molar-refractivity contribution in [3.05, 3.63) is 54.0 Å². The lowest BCUT2D eigenvalue weighted by Crippen LogP contribution is -2.37. The average Bonchev–Trinajstić information content (AvgIpc) is 3.31. The van der Waals surface area contributed by atoms with Crippen molar-refractivity contribution in [1.29, 1.82) is 0 Å². The van der Waals surface area contributed by atoms with Crippen LogP contribution in [0.1, 0.15) is 37.9 Å². The Bertz CT molecular complexity index is 1060. The maximum Gasteiger partial charge on any atom is 0.237 e. The molecule has 1 saturated carbocycles. The summed E-state index contributed by atoms with van der Waals surface area (Å²) in [5, 5.41) is 0.992. The van der Waals surface area contributed by atoms with Gasteiger partial charge < -0.3 is 4.90 Å². The summed E-state index contributed by atoms with van der Waals surface area (Å²) in [7, 11) is 0. The number of aromatic nitrogens is 2. The van der Waals surface area contributed by atoms with E-state index in [1.54, 1.807) is 11.3 Å². The van der Waals surface area contributed by atoms with Gasteiger partial charge in [-0.1, -0.05) is 12.1 Å². The molecule has 3 aromatic rings. The highest BCUT2D eigenvalue weighted by molar-refractivity contribution is 7.18. The smallest absolute Gasteiger partial charge is 0.237 e. The van der Waals surface area contributed by atoms with E-state index in [9.17, 15) is 4.79 Å². The van der Waals surface area contributed by atoms with Gasteiger partial charge in [0.2, 0.25) is 5.91 Å². The molecule has 5 heteroatoms. The number of nitrogens with zero attached hydrogens (tertiary/aromatic N) is 3. The molecule has 5 rings (SSSR count). The molecule has 0 bridgehead atoms. The highest BCUT2D eigenvalue weighted by Crippen LogP contribution is 2.48. The minimum absolute atomic E-state index is 0.231. The lowest BCUT2D eigenvalue weighted by atomic mass is 9.86. The molecule has 0 radical (unpaired) electrons. The van der Waals surface area contributed by atoms with Gasteiger partial charge in [-0.2, -0.15) is 0 Å². The second-order valence-electron chi connectivity index (χ2n) is 7.98. The number of carbonyl (C=O) groups is 1. The van der Waals surface area contributed by atoms with Crippen LogP contribution >= 0.6 is 11.3 Å². The molecule has 1 fully saturated rings. The second kappa shape index (κ2) is 5.73. The fraction of sp³-hybridized carbons (Fsp3) is 0.318. The maximum atomic E-state index is 12.9.